The summed E-state index contributed by atoms with van der Waals surface area (Å²) in [5, 5.41) is -0.0542. The number of hydrogen-bond donors (Lipinski definition) is 1. The highest BCUT2D eigenvalue weighted by Gasteiger charge is 2.14. The van der Waals surface area contributed by atoms with Crippen LogP contribution in [0.2, 0.25) is 5.02 Å². The molecule has 1 rings (SSSR count). The van der Waals surface area contributed by atoms with E-state index in [9.17, 15) is 8.42 Å². The number of rotatable bonds is 1. The molecule has 0 heterocycles. The second kappa shape index (κ2) is 3.38. The molecule has 1 aromatic carbocycles. The molecule has 1 aromatic rings. The zero-order valence-corrected chi connectivity index (χ0v) is 7.93. The zero-order valence-electron chi connectivity index (χ0n) is 6.36. The van der Waals surface area contributed by atoms with E-state index in [1.165, 1.54) is 12.1 Å². The molecule has 0 fully saturated rings. The largest absolute Gasteiger partial charge is 0.296 e. The smallest absolute Gasteiger partial charge is 0.282 e. The van der Waals surface area contributed by atoms with Crippen LogP contribution >= 0.6 is 11.6 Å². The van der Waals surface area contributed by atoms with Crippen LogP contribution in [-0.4, -0.2) is 13.0 Å². The van der Waals surface area contributed by atoms with Crippen molar-refractivity contribution in [3.05, 3.63) is 28.8 Å². The van der Waals surface area contributed by atoms with Gasteiger partial charge in [-0.2, -0.15) is 8.42 Å². The third kappa shape index (κ3) is 2.22. The quantitative estimate of drug-likeness (QED) is 0.573. The van der Waals surface area contributed by atoms with Gasteiger partial charge in [-0.3, -0.25) is 4.55 Å². The molecule has 0 radical (unpaired) electrons. The van der Waals surface area contributed by atoms with Crippen LogP contribution in [0.5, 0.6) is 0 Å². The fourth-order valence-electron chi connectivity index (χ4n) is 0.791. The van der Waals surface area contributed by atoms with Gasteiger partial charge in [-0.15, -0.1) is 6.42 Å². The van der Waals surface area contributed by atoms with Crippen LogP contribution in [0.15, 0.2) is 23.1 Å². The molecule has 1 N–H and O–H groups in total. The van der Waals surface area contributed by atoms with E-state index in [4.69, 9.17) is 22.6 Å². The van der Waals surface area contributed by atoms with E-state index in [0.717, 1.165) is 6.07 Å². The van der Waals surface area contributed by atoms with Gasteiger partial charge in [0.2, 0.25) is 0 Å². The molecule has 0 saturated heterocycles. The standard InChI is InChI=1S/C8H5ClO3S/c1-2-6-3-4-7(9)8(5-6)13(10,11)12/h1,3-5H,(H,10,11,12). The van der Waals surface area contributed by atoms with Crippen molar-refractivity contribution < 1.29 is 13.0 Å². The first-order chi connectivity index (χ1) is 5.95. The predicted octanol–water partition coefficient (Wildman–Crippen LogP) is 1.57. The van der Waals surface area contributed by atoms with Gasteiger partial charge in [0.25, 0.3) is 10.1 Å². The number of benzene rings is 1. The molecule has 0 spiro atoms. The summed E-state index contributed by atoms with van der Waals surface area (Å²) in [6.45, 7) is 0. The summed E-state index contributed by atoms with van der Waals surface area (Å²) >= 11 is 5.53. The Balaban J connectivity index is 3.47. The lowest BCUT2D eigenvalue weighted by atomic mass is 10.2. The van der Waals surface area contributed by atoms with Crippen molar-refractivity contribution in [2.24, 2.45) is 0 Å². The number of hydrogen-bond acceptors (Lipinski definition) is 2. The lowest BCUT2D eigenvalue weighted by Crippen LogP contribution is -1.99. The van der Waals surface area contributed by atoms with Crippen LogP contribution < -0.4 is 0 Å². The summed E-state index contributed by atoms with van der Waals surface area (Å²) in [7, 11) is -4.29. The minimum absolute atomic E-state index is 0.0542. The van der Waals surface area contributed by atoms with Crippen LogP contribution in [0.1, 0.15) is 5.56 Å². The Bertz CT molecular complexity index is 471. The van der Waals surface area contributed by atoms with E-state index >= 15 is 0 Å². The molecule has 0 bridgehead atoms. The van der Waals surface area contributed by atoms with Crippen molar-refractivity contribution in [2.45, 2.75) is 4.90 Å². The maximum absolute atomic E-state index is 10.7. The lowest BCUT2D eigenvalue weighted by Gasteiger charge is -2.00. The fourth-order valence-corrected chi connectivity index (χ4v) is 1.79. The highest BCUT2D eigenvalue weighted by atomic mass is 35.5. The average Bonchev–Trinajstić information content (AvgIpc) is 2.03. The van der Waals surface area contributed by atoms with Crippen molar-refractivity contribution in [3.63, 3.8) is 0 Å². The molecule has 0 aliphatic carbocycles. The summed E-state index contributed by atoms with van der Waals surface area (Å²) in [5.74, 6) is 2.23. The van der Waals surface area contributed by atoms with Crippen LogP contribution in [0.3, 0.4) is 0 Å². The summed E-state index contributed by atoms with van der Waals surface area (Å²) in [6, 6.07) is 3.94. The Morgan fingerprint density at radius 3 is 2.54 bits per heavy atom. The van der Waals surface area contributed by atoms with Gasteiger partial charge in [0.1, 0.15) is 4.90 Å². The summed E-state index contributed by atoms with van der Waals surface area (Å²) in [4.78, 5) is -0.371. The van der Waals surface area contributed by atoms with Crippen molar-refractivity contribution in [1.82, 2.24) is 0 Å². The first-order valence-electron chi connectivity index (χ1n) is 3.19. The minimum atomic E-state index is -4.29. The van der Waals surface area contributed by atoms with Crippen LogP contribution in [0.25, 0.3) is 0 Å². The van der Waals surface area contributed by atoms with Crippen LogP contribution in [0.4, 0.5) is 0 Å². The first-order valence-corrected chi connectivity index (χ1v) is 5.00. The van der Waals surface area contributed by atoms with Gasteiger partial charge in [0, 0.05) is 5.56 Å². The average molecular weight is 217 g/mol. The molecule has 0 aliphatic rings. The van der Waals surface area contributed by atoms with Gasteiger partial charge in [0.05, 0.1) is 5.02 Å². The molecule has 0 unspecified atom stereocenters. The predicted molar refractivity (Wildman–Crippen MR) is 49.2 cm³/mol. The van der Waals surface area contributed by atoms with Gasteiger partial charge in [-0.05, 0) is 18.2 Å². The third-order valence-electron chi connectivity index (χ3n) is 1.38. The Labute approximate surface area is 81.1 Å². The highest BCUT2D eigenvalue weighted by molar-refractivity contribution is 7.86. The SMILES string of the molecule is C#Cc1ccc(Cl)c(S(=O)(=O)O)c1. The molecule has 68 valence electrons. The molecular weight excluding hydrogens is 212 g/mol. The van der Waals surface area contributed by atoms with Crippen molar-refractivity contribution >= 4 is 21.7 Å². The molecular formula is C8H5ClO3S. The highest BCUT2D eigenvalue weighted by Crippen LogP contribution is 2.21. The number of terminal acetylenes is 1. The number of halogens is 1. The first kappa shape index (κ1) is 10.1. The van der Waals surface area contributed by atoms with E-state index < -0.39 is 10.1 Å². The second-order valence-electron chi connectivity index (χ2n) is 2.26. The normalized spacial score (nSPS) is 10.8. The monoisotopic (exact) mass is 216 g/mol. The Morgan fingerprint density at radius 2 is 2.08 bits per heavy atom. The molecule has 3 nitrogen and oxygen atoms in total. The van der Waals surface area contributed by atoms with E-state index in [-0.39, 0.29) is 9.92 Å². The van der Waals surface area contributed by atoms with Crippen molar-refractivity contribution in [3.8, 4) is 12.3 Å². The Hall–Kier alpha value is -1.02. The third-order valence-corrected chi connectivity index (χ3v) is 2.71. The summed E-state index contributed by atoms with van der Waals surface area (Å²) in [6.07, 6.45) is 5.04. The molecule has 0 aliphatic heterocycles. The van der Waals surface area contributed by atoms with Gasteiger partial charge >= 0.3 is 0 Å². The van der Waals surface area contributed by atoms with Gasteiger partial charge in [0.15, 0.2) is 0 Å². The maximum atomic E-state index is 10.7. The second-order valence-corrected chi connectivity index (χ2v) is 4.06. The van der Waals surface area contributed by atoms with Crippen molar-refractivity contribution in [2.75, 3.05) is 0 Å². The summed E-state index contributed by atoms with van der Waals surface area (Å²) in [5.41, 5.74) is 0.344. The maximum Gasteiger partial charge on any atom is 0.296 e. The van der Waals surface area contributed by atoms with E-state index in [1.54, 1.807) is 0 Å². The topological polar surface area (TPSA) is 54.4 Å². The minimum Gasteiger partial charge on any atom is -0.282 e. The van der Waals surface area contributed by atoms with Crippen LogP contribution in [0, 0.1) is 12.3 Å². The molecule has 5 heteroatoms. The fraction of sp³-hybridized carbons (Fsp3) is 0. The molecule has 0 saturated carbocycles. The lowest BCUT2D eigenvalue weighted by molar-refractivity contribution is 0.483. The molecule has 13 heavy (non-hydrogen) atoms. The van der Waals surface area contributed by atoms with E-state index in [1.807, 2.05) is 0 Å². The molecule has 0 atom stereocenters. The molecule has 0 amide bonds. The van der Waals surface area contributed by atoms with Gasteiger partial charge in [-0.25, -0.2) is 0 Å². The van der Waals surface area contributed by atoms with Crippen molar-refractivity contribution in [1.29, 1.82) is 0 Å². The van der Waals surface area contributed by atoms with Gasteiger partial charge in [-0.1, -0.05) is 17.5 Å². The zero-order chi connectivity index (χ0) is 10.1. The molecule has 0 aromatic heterocycles. The Morgan fingerprint density at radius 1 is 1.46 bits per heavy atom. The Kier molecular flexibility index (Phi) is 2.62. The summed E-state index contributed by atoms with van der Waals surface area (Å²) < 4.78 is 30.2. The van der Waals surface area contributed by atoms with Gasteiger partial charge < -0.3 is 0 Å². The van der Waals surface area contributed by atoms with E-state index in [2.05, 4.69) is 5.92 Å². The van der Waals surface area contributed by atoms with Crippen LogP contribution in [-0.2, 0) is 10.1 Å². The van der Waals surface area contributed by atoms with E-state index in [0.29, 0.717) is 5.56 Å².